The number of rotatable bonds is 1. The summed E-state index contributed by atoms with van der Waals surface area (Å²) in [6.45, 7) is 0. The van der Waals surface area contributed by atoms with E-state index in [1.54, 1.807) is 7.05 Å². The van der Waals surface area contributed by atoms with Crippen LogP contribution in [0.25, 0.3) is 0 Å². The number of carbonyl (C=O) groups is 1. The summed E-state index contributed by atoms with van der Waals surface area (Å²) in [5.41, 5.74) is 0.0590. The summed E-state index contributed by atoms with van der Waals surface area (Å²) in [4.78, 5) is 12.0. The van der Waals surface area contributed by atoms with Crippen molar-refractivity contribution in [1.29, 1.82) is 0 Å². The van der Waals surface area contributed by atoms with Gasteiger partial charge in [0.1, 0.15) is 0 Å². The number of amides is 1. The minimum atomic E-state index is 0.0590. The van der Waals surface area contributed by atoms with E-state index in [1.165, 1.54) is 38.5 Å². The highest BCUT2D eigenvalue weighted by molar-refractivity contribution is 5.82. The molecule has 4 aliphatic rings. The minimum absolute atomic E-state index is 0.0590. The van der Waals surface area contributed by atoms with E-state index in [2.05, 4.69) is 5.32 Å². The monoisotopic (exact) mass is 193 g/mol. The lowest BCUT2D eigenvalue weighted by Gasteiger charge is -2.55. The van der Waals surface area contributed by atoms with E-state index in [0.29, 0.717) is 5.91 Å². The molecule has 4 saturated carbocycles. The molecule has 0 heterocycles. The fourth-order valence-electron chi connectivity index (χ4n) is 4.65. The molecule has 14 heavy (non-hydrogen) atoms. The molecule has 4 rings (SSSR count). The first-order chi connectivity index (χ1) is 6.72. The van der Waals surface area contributed by atoms with Gasteiger partial charge in [0.15, 0.2) is 0 Å². The number of hydrogen-bond acceptors (Lipinski definition) is 1. The van der Waals surface area contributed by atoms with Gasteiger partial charge in [-0.2, -0.15) is 0 Å². The van der Waals surface area contributed by atoms with Crippen LogP contribution in [0.15, 0.2) is 0 Å². The Balaban J connectivity index is 1.91. The molecular formula is C12H19NO. The second-order valence-corrected chi connectivity index (χ2v) is 5.78. The number of nitrogens with one attached hydrogen (secondary N) is 1. The van der Waals surface area contributed by atoms with Crippen LogP contribution >= 0.6 is 0 Å². The van der Waals surface area contributed by atoms with Crippen molar-refractivity contribution in [3.63, 3.8) is 0 Å². The van der Waals surface area contributed by atoms with Crippen LogP contribution in [-0.4, -0.2) is 13.0 Å². The first kappa shape index (κ1) is 8.75. The van der Waals surface area contributed by atoms with Crippen LogP contribution in [0.3, 0.4) is 0 Å². The third-order valence-corrected chi connectivity index (χ3v) is 4.75. The molecular weight excluding hydrogens is 174 g/mol. The lowest BCUT2D eigenvalue weighted by Crippen LogP contribution is -2.52. The highest BCUT2D eigenvalue weighted by Gasteiger charge is 2.54. The number of carbonyl (C=O) groups excluding carboxylic acids is 1. The van der Waals surface area contributed by atoms with Crippen LogP contribution in [0.4, 0.5) is 0 Å². The lowest BCUT2D eigenvalue weighted by molar-refractivity contribution is -0.145. The quantitative estimate of drug-likeness (QED) is 0.677. The van der Waals surface area contributed by atoms with E-state index in [9.17, 15) is 4.79 Å². The Morgan fingerprint density at radius 2 is 1.50 bits per heavy atom. The zero-order valence-electron chi connectivity index (χ0n) is 8.88. The summed E-state index contributed by atoms with van der Waals surface area (Å²) in [6, 6.07) is 0. The van der Waals surface area contributed by atoms with E-state index >= 15 is 0 Å². The zero-order valence-corrected chi connectivity index (χ0v) is 8.88. The third kappa shape index (κ3) is 1.06. The molecule has 0 atom stereocenters. The van der Waals surface area contributed by atoms with Gasteiger partial charge >= 0.3 is 0 Å². The Morgan fingerprint density at radius 3 is 1.86 bits per heavy atom. The molecule has 0 spiro atoms. The molecule has 0 radical (unpaired) electrons. The van der Waals surface area contributed by atoms with Gasteiger partial charge in [-0.3, -0.25) is 4.79 Å². The van der Waals surface area contributed by atoms with Crippen molar-refractivity contribution < 1.29 is 4.79 Å². The molecule has 0 aliphatic heterocycles. The maximum Gasteiger partial charge on any atom is 0.225 e. The molecule has 0 aromatic rings. The maximum absolute atomic E-state index is 12.0. The second-order valence-electron chi connectivity index (χ2n) is 5.78. The van der Waals surface area contributed by atoms with Gasteiger partial charge in [-0.25, -0.2) is 0 Å². The summed E-state index contributed by atoms with van der Waals surface area (Å²) in [7, 11) is 1.79. The molecule has 0 aromatic heterocycles. The molecule has 4 aliphatic carbocycles. The van der Waals surface area contributed by atoms with Gasteiger partial charge in [-0.1, -0.05) is 0 Å². The first-order valence-corrected chi connectivity index (χ1v) is 5.94. The van der Waals surface area contributed by atoms with Crippen LogP contribution < -0.4 is 5.32 Å². The van der Waals surface area contributed by atoms with Gasteiger partial charge in [-0.15, -0.1) is 0 Å². The minimum Gasteiger partial charge on any atom is -0.359 e. The van der Waals surface area contributed by atoms with Crippen LogP contribution in [-0.2, 0) is 4.79 Å². The van der Waals surface area contributed by atoms with Crippen LogP contribution in [0.5, 0.6) is 0 Å². The van der Waals surface area contributed by atoms with Crippen molar-refractivity contribution in [2.45, 2.75) is 38.5 Å². The fraction of sp³-hybridized carbons (Fsp3) is 0.917. The maximum atomic E-state index is 12.0. The van der Waals surface area contributed by atoms with Crippen molar-refractivity contribution in [3.8, 4) is 0 Å². The van der Waals surface area contributed by atoms with Crippen molar-refractivity contribution in [3.05, 3.63) is 0 Å². The molecule has 0 unspecified atom stereocenters. The zero-order chi connectivity index (χ0) is 9.76. The summed E-state index contributed by atoms with van der Waals surface area (Å²) >= 11 is 0. The first-order valence-electron chi connectivity index (χ1n) is 5.94. The van der Waals surface area contributed by atoms with E-state index in [4.69, 9.17) is 0 Å². The molecule has 2 heteroatoms. The fourth-order valence-corrected chi connectivity index (χ4v) is 4.65. The van der Waals surface area contributed by atoms with Gasteiger partial charge in [0.05, 0.1) is 0 Å². The Morgan fingerprint density at radius 1 is 1.07 bits per heavy atom. The molecule has 1 N–H and O–H groups in total. The average molecular weight is 193 g/mol. The normalized spacial score (nSPS) is 49.4. The Labute approximate surface area is 85.4 Å². The van der Waals surface area contributed by atoms with E-state index in [1.807, 2.05) is 0 Å². The standard InChI is InChI=1S/C12H19NO/c1-13-11(14)12-5-8-2-9(6-12)4-10(3-8)7-12/h8-10H,2-7H2,1H3,(H,13,14). The SMILES string of the molecule is CNC(=O)C12CC3CC(CC(C3)C1)C2. The molecule has 4 bridgehead atoms. The lowest BCUT2D eigenvalue weighted by atomic mass is 9.49. The molecule has 1 amide bonds. The summed E-state index contributed by atoms with van der Waals surface area (Å²) < 4.78 is 0. The van der Waals surface area contributed by atoms with E-state index in [0.717, 1.165) is 17.8 Å². The predicted octanol–water partition coefficient (Wildman–Crippen LogP) is 1.95. The third-order valence-electron chi connectivity index (χ3n) is 4.75. The predicted molar refractivity (Wildman–Crippen MR) is 54.7 cm³/mol. The smallest absolute Gasteiger partial charge is 0.225 e. The molecule has 78 valence electrons. The van der Waals surface area contributed by atoms with Gasteiger partial charge < -0.3 is 5.32 Å². The topological polar surface area (TPSA) is 29.1 Å². The highest BCUT2D eigenvalue weighted by Crippen LogP contribution is 2.59. The van der Waals surface area contributed by atoms with Crippen LogP contribution in [0.2, 0.25) is 0 Å². The Kier molecular flexibility index (Phi) is 1.71. The van der Waals surface area contributed by atoms with Gasteiger partial charge in [-0.05, 0) is 56.3 Å². The van der Waals surface area contributed by atoms with Crippen molar-refractivity contribution in [2.75, 3.05) is 7.05 Å². The van der Waals surface area contributed by atoms with E-state index < -0.39 is 0 Å². The summed E-state index contributed by atoms with van der Waals surface area (Å²) in [5.74, 6) is 2.95. The Hall–Kier alpha value is -0.530. The summed E-state index contributed by atoms with van der Waals surface area (Å²) in [6.07, 6.45) is 7.78. The van der Waals surface area contributed by atoms with Gasteiger partial charge in [0.25, 0.3) is 0 Å². The molecule has 4 fully saturated rings. The average Bonchev–Trinajstić information content (AvgIpc) is 2.14. The van der Waals surface area contributed by atoms with Gasteiger partial charge in [0.2, 0.25) is 5.91 Å². The highest BCUT2D eigenvalue weighted by atomic mass is 16.2. The van der Waals surface area contributed by atoms with Gasteiger partial charge in [0, 0.05) is 12.5 Å². The molecule has 2 nitrogen and oxygen atoms in total. The second kappa shape index (κ2) is 2.74. The number of hydrogen-bond donors (Lipinski definition) is 1. The van der Waals surface area contributed by atoms with Crippen LogP contribution in [0.1, 0.15) is 38.5 Å². The molecule has 0 saturated heterocycles. The molecule has 0 aromatic carbocycles. The van der Waals surface area contributed by atoms with Crippen LogP contribution in [0, 0.1) is 23.2 Å². The largest absolute Gasteiger partial charge is 0.359 e. The Bertz CT molecular complexity index is 236. The summed E-state index contributed by atoms with van der Waals surface area (Å²) in [5, 5.41) is 2.88. The van der Waals surface area contributed by atoms with Crippen molar-refractivity contribution >= 4 is 5.91 Å². The van der Waals surface area contributed by atoms with Crippen molar-refractivity contribution in [2.24, 2.45) is 23.2 Å². The van der Waals surface area contributed by atoms with E-state index in [-0.39, 0.29) is 5.41 Å². The van der Waals surface area contributed by atoms with Crippen molar-refractivity contribution in [1.82, 2.24) is 5.32 Å².